The molecule has 4 nitrogen and oxygen atoms in total. The number of phenolic OH excluding ortho intramolecular Hbond substituents is 1. The largest absolute Gasteiger partial charge is 0.505 e. The molecule has 1 aromatic rings. The van der Waals surface area contributed by atoms with Crippen molar-refractivity contribution >= 4 is 15.7 Å². The molecule has 0 heterocycles. The quantitative estimate of drug-likeness (QED) is 0.703. The lowest BCUT2D eigenvalue weighted by molar-refractivity contribution is 0.473. The molecular weight excluding hydrogens is 190 g/mol. The number of phenols is 1. The van der Waals surface area contributed by atoms with Gasteiger partial charge in [-0.15, -0.1) is 0 Å². The predicted molar refractivity (Wildman–Crippen MR) is 51.3 cm³/mol. The highest BCUT2D eigenvalue weighted by Gasteiger charge is 2.07. The SMILES string of the molecule is Cc1cccc(NS(C)(=O)=O)c1O. The van der Waals surface area contributed by atoms with Gasteiger partial charge in [0.05, 0.1) is 11.9 Å². The molecule has 5 heteroatoms. The van der Waals surface area contributed by atoms with Crippen LogP contribution < -0.4 is 4.72 Å². The predicted octanol–water partition coefficient (Wildman–Crippen LogP) is 1.07. The minimum atomic E-state index is -3.33. The summed E-state index contributed by atoms with van der Waals surface area (Å²) in [5, 5.41) is 9.43. The van der Waals surface area contributed by atoms with E-state index in [4.69, 9.17) is 0 Å². The van der Waals surface area contributed by atoms with Gasteiger partial charge in [0, 0.05) is 0 Å². The third kappa shape index (κ3) is 2.62. The Balaban J connectivity index is 3.10. The topological polar surface area (TPSA) is 66.4 Å². The summed E-state index contributed by atoms with van der Waals surface area (Å²) in [4.78, 5) is 0. The highest BCUT2D eigenvalue weighted by molar-refractivity contribution is 7.92. The zero-order chi connectivity index (χ0) is 10.1. The Hall–Kier alpha value is -1.23. The number of para-hydroxylation sites is 1. The summed E-state index contributed by atoms with van der Waals surface area (Å²) >= 11 is 0. The third-order valence-electron chi connectivity index (χ3n) is 1.53. The second-order valence-electron chi connectivity index (χ2n) is 2.85. The van der Waals surface area contributed by atoms with Crippen molar-refractivity contribution in [1.82, 2.24) is 0 Å². The Morgan fingerprint density at radius 1 is 1.38 bits per heavy atom. The van der Waals surface area contributed by atoms with Crippen molar-refractivity contribution in [2.75, 3.05) is 11.0 Å². The number of anilines is 1. The molecule has 1 aromatic carbocycles. The van der Waals surface area contributed by atoms with Crippen molar-refractivity contribution in [3.63, 3.8) is 0 Å². The highest BCUT2D eigenvalue weighted by atomic mass is 32.2. The number of nitrogens with one attached hydrogen (secondary N) is 1. The molecule has 0 unspecified atom stereocenters. The van der Waals surface area contributed by atoms with Crippen LogP contribution in [0.1, 0.15) is 5.56 Å². The van der Waals surface area contributed by atoms with Crippen LogP contribution in [-0.4, -0.2) is 19.8 Å². The maximum Gasteiger partial charge on any atom is 0.229 e. The Morgan fingerprint density at radius 3 is 2.54 bits per heavy atom. The lowest BCUT2D eigenvalue weighted by Crippen LogP contribution is -2.09. The van der Waals surface area contributed by atoms with Crippen molar-refractivity contribution in [3.8, 4) is 5.75 Å². The second-order valence-corrected chi connectivity index (χ2v) is 4.59. The fraction of sp³-hybridized carbons (Fsp3) is 0.250. The van der Waals surface area contributed by atoms with Gasteiger partial charge >= 0.3 is 0 Å². The summed E-state index contributed by atoms with van der Waals surface area (Å²) in [7, 11) is -3.33. The van der Waals surface area contributed by atoms with Crippen LogP contribution in [0.25, 0.3) is 0 Å². The maximum absolute atomic E-state index is 10.8. The zero-order valence-electron chi connectivity index (χ0n) is 7.40. The van der Waals surface area contributed by atoms with Gasteiger partial charge in [-0.2, -0.15) is 0 Å². The zero-order valence-corrected chi connectivity index (χ0v) is 8.22. The standard InChI is InChI=1S/C8H11NO3S/c1-6-4-3-5-7(8(6)10)9-13(2,11)12/h3-5,9-10H,1-2H3. The van der Waals surface area contributed by atoms with E-state index >= 15 is 0 Å². The molecule has 0 spiro atoms. The molecule has 0 atom stereocenters. The normalized spacial score (nSPS) is 11.2. The van der Waals surface area contributed by atoms with Crippen molar-refractivity contribution in [2.24, 2.45) is 0 Å². The molecule has 72 valence electrons. The van der Waals surface area contributed by atoms with Gasteiger partial charge in [0.1, 0.15) is 5.75 Å². The number of hydrogen-bond acceptors (Lipinski definition) is 3. The van der Waals surface area contributed by atoms with E-state index in [9.17, 15) is 13.5 Å². The molecule has 0 aliphatic heterocycles. The average Bonchev–Trinajstić information content (AvgIpc) is 1.96. The fourth-order valence-corrected chi connectivity index (χ4v) is 1.51. The van der Waals surface area contributed by atoms with Gasteiger partial charge in [0.2, 0.25) is 10.0 Å². The Bertz CT molecular complexity index is 411. The van der Waals surface area contributed by atoms with Crippen LogP contribution in [0.15, 0.2) is 18.2 Å². The molecule has 0 saturated heterocycles. The maximum atomic E-state index is 10.8. The van der Waals surface area contributed by atoms with E-state index in [1.54, 1.807) is 19.1 Å². The first kappa shape index (κ1) is 9.85. The van der Waals surface area contributed by atoms with Crippen LogP contribution in [0.3, 0.4) is 0 Å². The van der Waals surface area contributed by atoms with Crippen molar-refractivity contribution < 1.29 is 13.5 Å². The van der Waals surface area contributed by atoms with Crippen LogP contribution in [-0.2, 0) is 10.0 Å². The molecule has 0 aliphatic rings. The lowest BCUT2D eigenvalue weighted by atomic mass is 10.2. The summed E-state index contributed by atoms with van der Waals surface area (Å²) < 4.78 is 23.9. The first-order valence-electron chi connectivity index (χ1n) is 3.66. The van der Waals surface area contributed by atoms with E-state index in [0.29, 0.717) is 5.56 Å². The molecular formula is C8H11NO3S. The number of aryl methyl sites for hydroxylation is 1. The molecule has 13 heavy (non-hydrogen) atoms. The van der Waals surface area contributed by atoms with Crippen LogP contribution in [0.5, 0.6) is 5.75 Å². The molecule has 1 rings (SSSR count). The minimum Gasteiger partial charge on any atom is -0.505 e. The Kier molecular flexibility index (Phi) is 2.47. The van der Waals surface area contributed by atoms with E-state index < -0.39 is 10.0 Å². The Morgan fingerprint density at radius 2 is 2.00 bits per heavy atom. The summed E-state index contributed by atoms with van der Waals surface area (Å²) in [6.45, 7) is 1.70. The van der Waals surface area contributed by atoms with Crippen molar-refractivity contribution in [1.29, 1.82) is 0 Å². The summed E-state index contributed by atoms with van der Waals surface area (Å²) in [6, 6.07) is 4.87. The number of hydrogen-bond donors (Lipinski definition) is 2. The third-order valence-corrected chi connectivity index (χ3v) is 2.12. The second kappa shape index (κ2) is 3.26. The molecule has 0 bridgehead atoms. The van der Waals surface area contributed by atoms with Crippen LogP contribution in [0, 0.1) is 6.92 Å². The minimum absolute atomic E-state index is 0.0343. The fourth-order valence-electron chi connectivity index (χ4n) is 0.941. The molecule has 0 radical (unpaired) electrons. The molecule has 0 amide bonds. The molecule has 2 N–H and O–H groups in total. The van der Waals surface area contributed by atoms with Gasteiger partial charge in [-0.25, -0.2) is 8.42 Å². The first-order valence-corrected chi connectivity index (χ1v) is 5.55. The Labute approximate surface area is 77.3 Å². The van der Waals surface area contributed by atoms with Gasteiger partial charge in [-0.05, 0) is 18.6 Å². The van der Waals surface area contributed by atoms with E-state index in [0.717, 1.165) is 6.26 Å². The van der Waals surface area contributed by atoms with E-state index in [1.807, 2.05) is 0 Å². The van der Waals surface area contributed by atoms with Crippen LogP contribution in [0.2, 0.25) is 0 Å². The number of aromatic hydroxyl groups is 1. The van der Waals surface area contributed by atoms with Crippen molar-refractivity contribution in [2.45, 2.75) is 6.92 Å². The molecule has 0 aromatic heterocycles. The van der Waals surface area contributed by atoms with Crippen molar-refractivity contribution in [3.05, 3.63) is 23.8 Å². The summed E-state index contributed by atoms with van der Waals surface area (Å²) in [6.07, 6.45) is 1.04. The van der Waals surface area contributed by atoms with Gasteiger partial charge in [0.15, 0.2) is 0 Å². The first-order chi connectivity index (χ1) is 5.90. The summed E-state index contributed by atoms with van der Waals surface area (Å²) in [5.74, 6) is -0.0343. The summed E-state index contributed by atoms with van der Waals surface area (Å²) in [5.41, 5.74) is 0.844. The average molecular weight is 201 g/mol. The van der Waals surface area contributed by atoms with E-state index in [-0.39, 0.29) is 11.4 Å². The molecule has 0 saturated carbocycles. The molecule has 0 aliphatic carbocycles. The highest BCUT2D eigenvalue weighted by Crippen LogP contribution is 2.26. The monoisotopic (exact) mass is 201 g/mol. The van der Waals surface area contributed by atoms with Gasteiger partial charge in [-0.3, -0.25) is 4.72 Å². The smallest absolute Gasteiger partial charge is 0.229 e. The number of sulfonamides is 1. The number of benzene rings is 1. The lowest BCUT2D eigenvalue weighted by Gasteiger charge is -2.07. The van der Waals surface area contributed by atoms with Gasteiger partial charge in [-0.1, -0.05) is 12.1 Å². The number of rotatable bonds is 2. The van der Waals surface area contributed by atoms with Gasteiger partial charge in [0.25, 0.3) is 0 Å². The van der Waals surface area contributed by atoms with Crippen LogP contribution >= 0.6 is 0 Å². The van der Waals surface area contributed by atoms with E-state index in [1.165, 1.54) is 6.07 Å². The van der Waals surface area contributed by atoms with E-state index in [2.05, 4.69) is 4.72 Å². The van der Waals surface area contributed by atoms with Gasteiger partial charge < -0.3 is 5.11 Å². The van der Waals surface area contributed by atoms with Crippen LogP contribution in [0.4, 0.5) is 5.69 Å². The molecule has 0 fully saturated rings.